The largest absolute Gasteiger partial charge is 0.378 e. The number of aromatic nitrogens is 1. The first-order chi connectivity index (χ1) is 14.6. The van der Waals surface area contributed by atoms with Crippen LogP contribution < -0.4 is 5.43 Å². The van der Waals surface area contributed by atoms with E-state index in [1.807, 2.05) is 39.9 Å². The van der Waals surface area contributed by atoms with E-state index in [2.05, 4.69) is 10.5 Å². The first-order valence-corrected chi connectivity index (χ1v) is 10.0. The quantitative estimate of drug-likeness (QED) is 0.505. The summed E-state index contributed by atoms with van der Waals surface area (Å²) in [6.45, 7) is 2.61. The van der Waals surface area contributed by atoms with Gasteiger partial charge >= 0.3 is 0 Å². The lowest BCUT2D eigenvalue weighted by Crippen LogP contribution is -2.42. The van der Waals surface area contributed by atoms with Crippen molar-refractivity contribution in [2.75, 3.05) is 26.3 Å². The number of benzene rings is 2. The Labute approximate surface area is 178 Å². The molecule has 2 amide bonds. The van der Waals surface area contributed by atoms with Crippen molar-refractivity contribution in [2.24, 2.45) is 5.10 Å². The predicted octanol–water partition coefficient (Wildman–Crippen LogP) is 2.92. The summed E-state index contributed by atoms with van der Waals surface area (Å²) in [4.78, 5) is 26.7. The van der Waals surface area contributed by atoms with Gasteiger partial charge in [-0.3, -0.25) is 9.59 Å². The van der Waals surface area contributed by atoms with Crippen LogP contribution in [-0.4, -0.2) is 53.8 Å². The molecule has 2 heterocycles. The minimum atomic E-state index is -0.347. The fourth-order valence-electron chi connectivity index (χ4n) is 3.42. The Kier molecular flexibility index (Phi) is 6.11. The zero-order valence-electron chi connectivity index (χ0n) is 16.3. The molecule has 1 N–H and O–H groups in total. The highest BCUT2D eigenvalue weighted by Gasteiger charge is 2.18. The van der Waals surface area contributed by atoms with Crippen LogP contribution in [0, 0.1) is 0 Å². The van der Waals surface area contributed by atoms with Crippen molar-refractivity contribution in [1.82, 2.24) is 14.9 Å². The summed E-state index contributed by atoms with van der Waals surface area (Å²) in [6.07, 6.45) is 3.46. The molecule has 8 heteroatoms. The van der Waals surface area contributed by atoms with Crippen molar-refractivity contribution in [3.63, 3.8) is 0 Å². The Bertz CT molecular complexity index is 1100. The van der Waals surface area contributed by atoms with E-state index in [0.717, 1.165) is 16.5 Å². The number of rotatable bonds is 5. The highest BCUT2D eigenvalue weighted by atomic mass is 35.5. The lowest BCUT2D eigenvalue weighted by atomic mass is 10.2. The first kappa shape index (κ1) is 20.1. The summed E-state index contributed by atoms with van der Waals surface area (Å²) in [7, 11) is 0. The lowest BCUT2D eigenvalue weighted by Gasteiger charge is -2.27. The van der Waals surface area contributed by atoms with Crippen LogP contribution in [0.15, 0.2) is 59.8 Å². The van der Waals surface area contributed by atoms with Gasteiger partial charge in [-0.2, -0.15) is 5.10 Å². The van der Waals surface area contributed by atoms with Gasteiger partial charge in [0.1, 0.15) is 6.54 Å². The number of nitrogens with one attached hydrogen (secondary N) is 1. The molecule has 3 aromatic rings. The van der Waals surface area contributed by atoms with Crippen LogP contribution in [0.3, 0.4) is 0 Å². The summed E-state index contributed by atoms with van der Waals surface area (Å²) in [5.41, 5.74) is 4.69. The SMILES string of the molecule is O=C(N/N=C\c1cn(CC(=O)N2CCOCC2)c2ccccc12)c1cccc(Cl)c1. The number of nitrogens with zero attached hydrogens (tertiary/aromatic N) is 3. The number of amides is 2. The molecule has 0 aliphatic carbocycles. The number of ether oxygens (including phenoxy) is 1. The van der Waals surface area contributed by atoms with Gasteiger partial charge in [-0.05, 0) is 24.3 Å². The number of halogens is 1. The fraction of sp³-hybridized carbons (Fsp3) is 0.227. The third-order valence-electron chi connectivity index (χ3n) is 4.95. The van der Waals surface area contributed by atoms with E-state index in [-0.39, 0.29) is 18.4 Å². The number of fused-ring (bicyclic) bond motifs is 1. The summed E-state index contributed by atoms with van der Waals surface area (Å²) >= 11 is 5.93. The molecule has 1 aliphatic heterocycles. The minimum absolute atomic E-state index is 0.0526. The number of carbonyl (C=O) groups excluding carboxylic acids is 2. The lowest BCUT2D eigenvalue weighted by molar-refractivity contribution is -0.135. The van der Waals surface area contributed by atoms with E-state index in [0.29, 0.717) is 36.9 Å². The molecule has 1 saturated heterocycles. The molecule has 30 heavy (non-hydrogen) atoms. The molecule has 1 fully saturated rings. The average Bonchev–Trinajstić information content (AvgIpc) is 3.12. The van der Waals surface area contributed by atoms with Crippen molar-refractivity contribution in [3.05, 3.63) is 70.9 Å². The van der Waals surface area contributed by atoms with E-state index in [1.165, 1.54) is 0 Å². The van der Waals surface area contributed by atoms with Gasteiger partial charge in [0.2, 0.25) is 5.91 Å². The molecule has 4 rings (SSSR count). The van der Waals surface area contributed by atoms with E-state index in [4.69, 9.17) is 16.3 Å². The zero-order valence-corrected chi connectivity index (χ0v) is 17.0. The monoisotopic (exact) mass is 424 g/mol. The van der Waals surface area contributed by atoms with Gasteiger partial charge in [-0.25, -0.2) is 5.43 Å². The molecular weight excluding hydrogens is 404 g/mol. The van der Waals surface area contributed by atoms with Crippen molar-refractivity contribution in [3.8, 4) is 0 Å². The molecule has 1 aliphatic rings. The van der Waals surface area contributed by atoms with Crippen molar-refractivity contribution < 1.29 is 14.3 Å². The van der Waals surface area contributed by atoms with Crippen LogP contribution in [0.1, 0.15) is 15.9 Å². The Balaban J connectivity index is 1.51. The number of hydrazone groups is 1. The number of hydrogen-bond donors (Lipinski definition) is 1. The number of hydrogen-bond acceptors (Lipinski definition) is 4. The van der Waals surface area contributed by atoms with Crippen molar-refractivity contribution in [1.29, 1.82) is 0 Å². The van der Waals surface area contributed by atoms with Gasteiger partial charge in [0.05, 0.1) is 19.4 Å². The zero-order chi connectivity index (χ0) is 20.9. The Hall–Kier alpha value is -3.16. The Morgan fingerprint density at radius 2 is 1.93 bits per heavy atom. The third-order valence-corrected chi connectivity index (χ3v) is 5.18. The maximum absolute atomic E-state index is 12.7. The summed E-state index contributed by atoms with van der Waals surface area (Å²) < 4.78 is 7.23. The first-order valence-electron chi connectivity index (χ1n) is 9.64. The van der Waals surface area contributed by atoms with Crippen LogP contribution in [-0.2, 0) is 16.1 Å². The van der Waals surface area contributed by atoms with E-state index >= 15 is 0 Å². The molecular formula is C22H21ClN4O3. The van der Waals surface area contributed by atoms with E-state index < -0.39 is 0 Å². The second kappa shape index (κ2) is 9.11. The summed E-state index contributed by atoms with van der Waals surface area (Å²) in [5, 5.41) is 5.52. The maximum atomic E-state index is 12.7. The standard InChI is InChI=1S/C22H21ClN4O3/c23-18-5-3-4-16(12-18)22(29)25-24-13-17-14-27(20-7-2-1-6-19(17)20)15-21(28)26-8-10-30-11-9-26/h1-7,12-14H,8-11,15H2,(H,25,29)/b24-13-. The molecule has 0 saturated carbocycles. The molecule has 0 bridgehead atoms. The molecule has 0 spiro atoms. The number of para-hydroxylation sites is 1. The maximum Gasteiger partial charge on any atom is 0.271 e. The summed E-state index contributed by atoms with van der Waals surface area (Å²) in [6, 6.07) is 14.4. The Morgan fingerprint density at radius 1 is 1.13 bits per heavy atom. The number of morpholine rings is 1. The van der Waals surface area contributed by atoms with Gasteiger partial charge < -0.3 is 14.2 Å². The second-order valence-electron chi connectivity index (χ2n) is 6.93. The third kappa shape index (κ3) is 4.53. The fourth-order valence-corrected chi connectivity index (χ4v) is 3.61. The van der Waals surface area contributed by atoms with Crippen LogP contribution in [0.25, 0.3) is 10.9 Å². The predicted molar refractivity (Wildman–Crippen MR) is 116 cm³/mol. The number of carbonyl (C=O) groups is 2. The molecule has 154 valence electrons. The molecule has 0 atom stereocenters. The van der Waals surface area contributed by atoms with Gasteiger partial charge in [0.25, 0.3) is 5.91 Å². The van der Waals surface area contributed by atoms with Crippen molar-refractivity contribution >= 4 is 40.5 Å². The second-order valence-corrected chi connectivity index (χ2v) is 7.37. The van der Waals surface area contributed by atoms with Crippen LogP contribution >= 0.6 is 11.6 Å². The average molecular weight is 425 g/mol. The molecule has 1 aromatic heterocycles. The smallest absolute Gasteiger partial charge is 0.271 e. The van der Waals surface area contributed by atoms with Crippen LogP contribution in [0.5, 0.6) is 0 Å². The van der Waals surface area contributed by atoms with Gasteiger partial charge in [-0.15, -0.1) is 0 Å². The van der Waals surface area contributed by atoms with Crippen LogP contribution in [0.2, 0.25) is 5.02 Å². The molecule has 2 aromatic carbocycles. The van der Waals surface area contributed by atoms with Crippen LogP contribution in [0.4, 0.5) is 0 Å². The van der Waals surface area contributed by atoms with Gasteiger partial charge in [0.15, 0.2) is 0 Å². The minimum Gasteiger partial charge on any atom is -0.378 e. The summed E-state index contributed by atoms with van der Waals surface area (Å²) in [5.74, 6) is -0.295. The van der Waals surface area contributed by atoms with Crippen molar-refractivity contribution in [2.45, 2.75) is 6.54 Å². The van der Waals surface area contributed by atoms with E-state index in [9.17, 15) is 9.59 Å². The highest BCUT2D eigenvalue weighted by molar-refractivity contribution is 6.30. The van der Waals surface area contributed by atoms with Gasteiger partial charge in [-0.1, -0.05) is 35.9 Å². The Morgan fingerprint density at radius 3 is 2.73 bits per heavy atom. The molecule has 0 unspecified atom stereocenters. The van der Waals surface area contributed by atoms with Gasteiger partial charge in [0, 0.05) is 46.3 Å². The molecule has 0 radical (unpaired) electrons. The molecule has 7 nitrogen and oxygen atoms in total. The normalized spacial score (nSPS) is 14.4. The van der Waals surface area contributed by atoms with E-state index in [1.54, 1.807) is 30.5 Å². The highest BCUT2D eigenvalue weighted by Crippen LogP contribution is 2.20. The topological polar surface area (TPSA) is 75.9 Å².